The van der Waals surface area contributed by atoms with E-state index in [1.165, 1.54) is 5.56 Å². The monoisotopic (exact) mass is 375 g/mol. The third-order valence-electron chi connectivity index (χ3n) is 4.30. The second-order valence-electron chi connectivity index (χ2n) is 6.17. The third-order valence-corrected chi connectivity index (χ3v) is 4.30. The molecule has 2 unspecified atom stereocenters. The molecule has 1 aromatic rings. The maximum absolute atomic E-state index is 12.1. The summed E-state index contributed by atoms with van der Waals surface area (Å²) >= 11 is 0. The summed E-state index contributed by atoms with van der Waals surface area (Å²) in [5.74, 6) is 0.111. The average Bonchev–Trinajstić information content (AvgIpc) is 2.96. The van der Waals surface area contributed by atoms with Crippen molar-refractivity contribution in [1.29, 1.82) is 0 Å². The van der Waals surface area contributed by atoms with Crippen LogP contribution < -0.4 is 10.6 Å². The summed E-state index contributed by atoms with van der Waals surface area (Å²) in [4.78, 5) is 14.5. The Kier molecular flexibility index (Phi) is 9.63. The highest BCUT2D eigenvalue weighted by atomic mass is 35.5. The lowest BCUT2D eigenvalue weighted by molar-refractivity contribution is -0.125. The van der Waals surface area contributed by atoms with Gasteiger partial charge in [-0.1, -0.05) is 30.3 Å². The summed E-state index contributed by atoms with van der Waals surface area (Å²) in [7, 11) is 0. The molecule has 2 aliphatic rings. The first-order valence-corrected chi connectivity index (χ1v) is 8.17. The van der Waals surface area contributed by atoms with Crippen LogP contribution in [0.5, 0.6) is 0 Å². The Balaban J connectivity index is 0.00000144. The predicted octanol–water partition coefficient (Wildman–Crippen LogP) is 1.60. The van der Waals surface area contributed by atoms with E-state index >= 15 is 0 Å². The van der Waals surface area contributed by atoms with Gasteiger partial charge in [0.15, 0.2) is 0 Å². The first kappa shape index (κ1) is 21.2. The summed E-state index contributed by atoms with van der Waals surface area (Å²) < 4.78 is 5.58. The van der Waals surface area contributed by atoms with Gasteiger partial charge in [0.1, 0.15) is 0 Å². The zero-order valence-electron chi connectivity index (χ0n) is 13.8. The van der Waals surface area contributed by atoms with Gasteiger partial charge in [-0.3, -0.25) is 9.69 Å². The van der Waals surface area contributed by atoms with Gasteiger partial charge < -0.3 is 15.4 Å². The Hall–Kier alpha value is -0.850. The number of nitrogens with zero attached hydrogens (tertiary/aromatic N) is 1. The van der Waals surface area contributed by atoms with E-state index in [2.05, 4.69) is 39.8 Å². The SMILES string of the molecule is Cl.Cl.O=C(CC1CNCCO1)NC1CCN(Cc2ccccc2)C1. The molecule has 7 heteroatoms. The second kappa shape index (κ2) is 10.9. The van der Waals surface area contributed by atoms with Gasteiger partial charge in [-0.05, 0) is 12.0 Å². The Labute approximate surface area is 156 Å². The van der Waals surface area contributed by atoms with Crippen LogP contribution in [0.3, 0.4) is 0 Å². The van der Waals surface area contributed by atoms with Crippen LogP contribution >= 0.6 is 24.8 Å². The van der Waals surface area contributed by atoms with E-state index < -0.39 is 0 Å². The number of likely N-dealkylation sites (tertiary alicyclic amines) is 1. The fourth-order valence-corrected chi connectivity index (χ4v) is 3.18. The summed E-state index contributed by atoms with van der Waals surface area (Å²) in [6, 6.07) is 10.8. The molecule has 0 bridgehead atoms. The second-order valence-corrected chi connectivity index (χ2v) is 6.17. The first-order valence-electron chi connectivity index (χ1n) is 8.17. The number of benzene rings is 1. The number of halogens is 2. The van der Waals surface area contributed by atoms with Crippen molar-refractivity contribution >= 4 is 30.7 Å². The molecule has 136 valence electrons. The average molecular weight is 376 g/mol. The molecular formula is C17H27Cl2N3O2. The molecule has 0 spiro atoms. The smallest absolute Gasteiger partial charge is 0.222 e. The zero-order chi connectivity index (χ0) is 15.2. The number of morpholine rings is 1. The van der Waals surface area contributed by atoms with Gasteiger partial charge >= 0.3 is 0 Å². The van der Waals surface area contributed by atoms with E-state index in [4.69, 9.17) is 4.74 Å². The van der Waals surface area contributed by atoms with Crippen molar-refractivity contribution in [3.63, 3.8) is 0 Å². The van der Waals surface area contributed by atoms with Gasteiger partial charge in [0.2, 0.25) is 5.91 Å². The molecule has 0 aliphatic carbocycles. The van der Waals surface area contributed by atoms with Crippen LogP contribution in [0.1, 0.15) is 18.4 Å². The van der Waals surface area contributed by atoms with Gasteiger partial charge in [0, 0.05) is 38.8 Å². The van der Waals surface area contributed by atoms with Gasteiger partial charge in [-0.2, -0.15) is 0 Å². The van der Waals surface area contributed by atoms with Crippen molar-refractivity contribution in [2.75, 3.05) is 32.8 Å². The van der Waals surface area contributed by atoms with Crippen LogP contribution in [0.15, 0.2) is 30.3 Å². The van der Waals surface area contributed by atoms with Crippen molar-refractivity contribution < 1.29 is 9.53 Å². The maximum Gasteiger partial charge on any atom is 0.222 e. The van der Waals surface area contributed by atoms with E-state index in [0.717, 1.165) is 39.1 Å². The van der Waals surface area contributed by atoms with Gasteiger partial charge in [-0.15, -0.1) is 24.8 Å². The number of carbonyl (C=O) groups is 1. The molecule has 2 saturated heterocycles. The lowest BCUT2D eigenvalue weighted by Crippen LogP contribution is -2.43. The number of nitrogens with one attached hydrogen (secondary N) is 2. The van der Waals surface area contributed by atoms with Crippen molar-refractivity contribution in [2.45, 2.75) is 31.5 Å². The molecule has 0 radical (unpaired) electrons. The number of hydrogen-bond donors (Lipinski definition) is 2. The minimum absolute atomic E-state index is 0. The number of hydrogen-bond acceptors (Lipinski definition) is 4. The Morgan fingerprint density at radius 2 is 2.08 bits per heavy atom. The largest absolute Gasteiger partial charge is 0.375 e. The van der Waals surface area contributed by atoms with Crippen molar-refractivity contribution in [2.24, 2.45) is 0 Å². The Bertz CT molecular complexity index is 484. The van der Waals surface area contributed by atoms with Crippen LogP contribution in [0, 0.1) is 0 Å². The number of amides is 1. The molecule has 3 rings (SSSR count). The highest BCUT2D eigenvalue weighted by Gasteiger charge is 2.25. The van der Waals surface area contributed by atoms with Crippen LogP contribution in [0.25, 0.3) is 0 Å². The number of ether oxygens (including phenoxy) is 1. The first-order chi connectivity index (χ1) is 10.8. The zero-order valence-corrected chi connectivity index (χ0v) is 15.4. The molecule has 0 aromatic heterocycles. The molecule has 2 atom stereocenters. The van der Waals surface area contributed by atoms with Crippen LogP contribution in [0.2, 0.25) is 0 Å². The lowest BCUT2D eigenvalue weighted by Gasteiger charge is -2.24. The summed E-state index contributed by atoms with van der Waals surface area (Å²) in [6.07, 6.45) is 1.51. The number of carbonyl (C=O) groups excluding carboxylic acids is 1. The van der Waals surface area contributed by atoms with E-state index in [1.54, 1.807) is 0 Å². The highest BCUT2D eigenvalue weighted by molar-refractivity contribution is 5.85. The van der Waals surface area contributed by atoms with Crippen molar-refractivity contribution in [3.05, 3.63) is 35.9 Å². The quantitative estimate of drug-likeness (QED) is 0.820. The molecule has 5 nitrogen and oxygen atoms in total. The van der Waals surface area contributed by atoms with Crippen LogP contribution in [0.4, 0.5) is 0 Å². The van der Waals surface area contributed by atoms with Gasteiger partial charge in [0.25, 0.3) is 0 Å². The maximum atomic E-state index is 12.1. The van der Waals surface area contributed by atoms with E-state index in [1.807, 2.05) is 6.07 Å². The van der Waals surface area contributed by atoms with Crippen molar-refractivity contribution in [3.8, 4) is 0 Å². The Morgan fingerprint density at radius 1 is 1.29 bits per heavy atom. The van der Waals surface area contributed by atoms with E-state index in [-0.39, 0.29) is 42.9 Å². The molecule has 1 aromatic carbocycles. The fourth-order valence-electron chi connectivity index (χ4n) is 3.18. The standard InChI is InChI=1S/C17H25N3O2.2ClH/c21-17(10-16-11-18-7-9-22-16)19-15-6-8-20(13-15)12-14-4-2-1-3-5-14;;/h1-5,15-16,18H,6-13H2,(H,19,21);2*1H. The minimum atomic E-state index is 0. The molecule has 2 N–H and O–H groups in total. The fraction of sp³-hybridized carbons (Fsp3) is 0.588. The molecule has 2 fully saturated rings. The summed E-state index contributed by atoms with van der Waals surface area (Å²) in [5.41, 5.74) is 1.33. The molecule has 0 saturated carbocycles. The molecule has 2 heterocycles. The third kappa shape index (κ3) is 6.57. The summed E-state index contributed by atoms with van der Waals surface area (Å²) in [5, 5.41) is 6.41. The molecule has 2 aliphatic heterocycles. The minimum Gasteiger partial charge on any atom is -0.375 e. The topological polar surface area (TPSA) is 53.6 Å². The normalized spacial score (nSPS) is 23.8. The molecule has 24 heavy (non-hydrogen) atoms. The van der Waals surface area contributed by atoms with Gasteiger partial charge in [0.05, 0.1) is 19.1 Å². The molecular weight excluding hydrogens is 349 g/mol. The van der Waals surface area contributed by atoms with Gasteiger partial charge in [-0.25, -0.2) is 0 Å². The Morgan fingerprint density at radius 3 is 2.79 bits per heavy atom. The van der Waals surface area contributed by atoms with Crippen LogP contribution in [-0.2, 0) is 16.1 Å². The van der Waals surface area contributed by atoms with E-state index in [0.29, 0.717) is 13.0 Å². The van der Waals surface area contributed by atoms with Crippen molar-refractivity contribution in [1.82, 2.24) is 15.5 Å². The predicted molar refractivity (Wildman–Crippen MR) is 100.0 cm³/mol. The van der Waals surface area contributed by atoms with E-state index in [9.17, 15) is 4.79 Å². The van der Waals surface area contributed by atoms with Crippen LogP contribution in [-0.4, -0.2) is 55.7 Å². The molecule has 1 amide bonds. The lowest BCUT2D eigenvalue weighted by atomic mass is 10.2. The number of rotatable bonds is 5. The highest BCUT2D eigenvalue weighted by Crippen LogP contribution is 2.14. The summed E-state index contributed by atoms with van der Waals surface area (Å²) in [6.45, 7) is 5.30.